The van der Waals surface area contributed by atoms with E-state index < -0.39 is 5.97 Å². The summed E-state index contributed by atoms with van der Waals surface area (Å²) in [5.41, 5.74) is 2.10. The van der Waals surface area contributed by atoms with Crippen molar-refractivity contribution in [3.8, 4) is 17.1 Å². The van der Waals surface area contributed by atoms with Gasteiger partial charge in [0.05, 0.1) is 4.47 Å². The first-order valence-electron chi connectivity index (χ1n) is 6.64. The Morgan fingerprint density at radius 1 is 1.14 bits per heavy atom. The topological polar surface area (TPSA) is 52.3 Å². The number of halogens is 1. The maximum Gasteiger partial charge on any atom is 0.365 e. The van der Waals surface area contributed by atoms with Gasteiger partial charge in [-0.05, 0) is 41.1 Å². The molecule has 0 aliphatic carbocycles. The molecule has 3 aromatic rings. The highest BCUT2D eigenvalue weighted by Gasteiger charge is 2.17. The van der Waals surface area contributed by atoms with Gasteiger partial charge < -0.3 is 9.26 Å². The summed E-state index contributed by atoms with van der Waals surface area (Å²) in [6.07, 6.45) is 0. The van der Waals surface area contributed by atoms with Crippen LogP contribution in [0.2, 0.25) is 0 Å². The van der Waals surface area contributed by atoms with Gasteiger partial charge in [0.15, 0.2) is 11.5 Å². The van der Waals surface area contributed by atoms with Gasteiger partial charge in [-0.15, -0.1) is 0 Å². The van der Waals surface area contributed by atoms with E-state index in [1.165, 1.54) is 0 Å². The van der Waals surface area contributed by atoms with Crippen LogP contribution in [0.15, 0.2) is 63.6 Å². The van der Waals surface area contributed by atoms with E-state index in [4.69, 9.17) is 9.26 Å². The number of carbonyl (C=O) groups is 1. The summed E-state index contributed by atoms with van der Waals surface area (Å²) in [6.45, 7) is 1.99. The minimum atomic E-state index is -0.561. The molecule has 2 aromatic carbocycles. The van der Waals surface area contributed by atoms with Gasteiger partial charge in [0.2, 0.25) is 0 Å². The fraction of sp³-hybridized carbons (Fsp3) is 0.0588. The SMILES string of the molecule is Cc1cccc(-c2cc(C(=O)Oc3ccccc3Br)no2)c1. The van der Waals surface area contributed by atoms with Gasteiger partial charge in [0.1, 0.15) is 5.75 Å². The van der Waals surface area contributed by atoms with Crippen LogP contribution < -0.4 is 4.74 Å². The second-order valence-corrected chi connectivity index (χ2v) is 5.62. The third-order valence-corrected chi connectivity index (χ3v) is 3.72. The number of carbonyl (C=O) groups excluding carboxylic acids is 1. The van der Waals surface area contributed by atoms with Crippen molar-refractivity contribution >= 4 is 21.9 Å². The molecule has 3 rings (SSSR count). The van der Waals surface area contributed by atoms with E-state index in [-0.39, 0.29) is 5.69 Å². The monoisotopic (exact) mass is 357 g/mol. The first kappa shape index (κ1) is 14.5. The summed E-state index contributed by atoms with van der Waals surface area (Å²) in [5.74, 6) is 0.407. The summed E-state index contributed by atoms with van der Waals surface area (Å²) in [7, 11) is 0. The van der Waals surface area contributed by atoms with Gasteiger partial charge in [-0.2, -0.15) is 0 Å². The summed E-state index contributed by atoms with van der Waals surface area (Å²) >= 11 is 3.33. The molecule has 1 heterocycles. The van der Waals surface area contributed by atoms with E-state index >= 15 is 0 Å². The Balaban J connectivity index is 1.82. The first-order chi connectivity index (χ1) is 10.6. The molecule has 0 saturated carbocycles. The number of hydrogen-bond acceptors (Lipinski definition) is 4. The van der Waals surface area contributed by atoms with E-state index in [0.717, 1.165) is 11.1 Å². The summed E-state index contributed by atoms with van der Waals surface area (Å²) in [4.78, 5) is 12.1. The van der Waals surface area contributed by atoms with Crippen molar-refractivity contribution < 1.29 is 14.1 Å². The minimum absolute atomic E-state index is 0.132. The van der Waals surface area contributed by atoms with Crippen LogP contribution in [-0.4, -0.2) is 11.1 Å². The van der Waals surface area contributed by atoms with Crippen molar-refractivity contribution in [2.45, 2.75) is 6.92 Å². The standard InChI is InChI=1S/C17H12BrNO3/c1-11-5-4-6-12(9-11)16-10-14(19-22-16)17(20)21-15-8-3-2-7-13(15)18/h2-10H,1H3. The van der Waals surface area contributed by atoms with Crippen LogP contribution in [0.5, 0.6) is 5.75 Å². The highest BCUT2D eigenvalue weighted by molar-refractivity contribution is 9.10. The van der Waals surface area contributed by atoms with Gasteiger partial charge >= 0.3 is 5.97 Å². The lowest BCUT2D eigenvalue weighted by atomic mass is 10.1. The van der Waals surface area contributed by atoms with Crippen LogP contribution in [-0.2, 0) is 0 Å². The van der Waals surface area contributed by atoms with E-state index in [1.807, 2.05) is 37.3 Å². The lowest BCUT2D eigenvalue weighted by molar-refractivity contribution is 0.0723. The third-order valence-electron chi connectivity index (χ3n) is 3.06. The summed E-state index contributed by atoms with van der Waals surface area (Å²) in [6, 6.07) is 16.5. The average Bonchev–Trinajstić information content (AvgIpc) is 2.99. The molecule has 0 fully saturated rings. The number of hydrogen-bond donors (Lipinski definition) is 0. The van der Waals surface area contributed by atoms with E-state index in [1.54, 1.807) is 24.3 Å². The molecule has 0 aliphatic rings. The summed E-state index contributed by atoms with van der Waals surface area (Å²) < 4.78 is 11.2. The third kappa shape index (κ3) is 3.09. The smallest absolute Gasteiger partial charge is 0.365 e. The lowest BCUT2D eigenvalue weighted by Gasteiger charge is -2.03. The zero-order chi connectivity index (χ0) is 15.5. The molecular formula is C17H12BrNO3. The lowest BCUT2D eigenvalue weighted by Crippen LogP contribution is -2.08. The van der Waals surface area contributed by atoms with Crippen molar-refractivity contribution in [1.82, 2.24) is 5.16 Å². The number of aryl methyl sites for hydroxylation is 1. The molecule has 0 spiro atoms. The Hall–Kier alpha value is -2.40. The van der Waals surface area contributed by atoms with Gasteiger partial charge in [-0.3, -0.25) is 0 Å². The highest BCUT2D eigenvalue weighted by atomic mass is 79.9. The number of nitrogens with zero attached hydrogens (tertiary/aromatic N) is 1. The Kier molecular flexibility index (Phi) is 4.06. The molecule has 1 aromatic heterocycles. The average molecular weight is 358 g/mol. The van der Waals surface area contributed by atoms with Gasteiger partial charge in [-0.25, -0.2) is 4.79 Å². The number of aromatic nitrogens is 1. The fourth-order valence-corrected chi connectivity index (χ4v) is 2.35. The zero-order valence-corrected chi connectivity index (χ0v) is 13.3. The molecule has 22 heavy (non-hydrogen) atoms. The Bertz CT molecular complexity index is 826. The molecule has 0 amide bonds. The van der Waals surface area contributed by atoms with Crippen molar-refractivity contribution in [1.29, 1.82) is 0 Å². The molecule has 0 bridgehead atoms. The first-order valence-corrected chi connectivity index (χ1v) is 7.43. The van der Waals surface area contributed by atoms with Gasteiger partial charge in [-0.1, -0.05) is 41.1 Å². The molecule has 0 radical (unpaired) electrons. The molecule has 4 nitrogen and oxygen atoms in total. The van der Waals surface area contributed by atoms with Crippen LogP contribution in [0.4, 0.5) is 0 Å². The maximum atomic E-state index is 12.1. The van der Waals surface area contributed by atoms with Crippen LogP contribution in [0.1, 0.15) is 16.1 Å². The predicted molar refractivity (Wildman–Crippen MR) is 85.8 cm³/mol. The Morgan fingerprint density at radius 3 is 2.73 bits per heavy atom. The maximum absolute atomic E-state index is 12.1. The van der Waals surface area contributed by atoms with Gasteiger partial charge in [0, 0.05) is 11.6 Å². The molecule has 110 valence electrons. The van der Waals surface area contributed by atoms with E-state index in [0.29, 0.717) is 16.0 Å². The fourth-order valence-electron chi connectivity index (χ4n) is 1.99. The van der Waals surface area contributed by atoms with Crippen molar-refractivity contribution in [3.05, 3.63) is 70.3 Å². The molecule has 0 saturated heterocycles. The van der Waals surface area contributed by atoms with Crippen molar-refractivity contribution in [2.24, 2.45) is 0 Å². The highest BCUT2D eigenvalue weighted by Crippen LogP contribution is 2.26. The second-order valence-electron chi connectivity index (χ2n) is 4.77. The van der Waals surface area contributed by atoms with Crippen LogP contribution in [0.25, 0.3) is 11.3 Å². The van der Waals surface area contributed by atoms with Gasteiger partial charge in [0.25, 0.3) is 0 Å². The normalized spacial score (nSPS) is 10.5. The molecule has 0 unspecified atom stereocenters. The largest absolute Gasteiger partial charge is 0.421 e. The van der Waals surface area contributed by atoms with Crippen LogP contribution in [0, 0.1) is 6.92 Å². The molecule has 5 heteroatoms. The summed E-state index contributed by atoms with van der Waals surface area (Å²) in [5, 5.41) is 3.78. The number of esters is 1. The molecule has 0 aliphatic heterocycles. The Morgan fingerprint density at radius 2 is 1.95 bits per heavy atom. The van der Waals surface area contributed by atoms with Crippen LogP contribution >= 0.6 is 15.9 Å². The quantitative estimate of drug-likeness (QED) is 0.506. The van der Waals surface area contributed by atoms with E-state index in [9.17, 15) is 4.79 Å². The van der Waals surface area contributed by atoms with Crippen molar-refractivity contribution in [2.75, 3.05) is 0 Å². The molecular weight excluding hydrogens is 346 g/mol. The Labute approximate surface area is 135 Å². The molecule has 0 N–H and O–H groups in total. The van der Waals surface area contributed by atoms with Crippen molar-refractivity contribution in [3.63, 3.8) is 0 Å². The number of para-hydroxylation sites is 1. The number of rotatable bonds is 3. The molecule has 0 atom stereocenters. The second kappa shape index (κ2) is 6.15. The van der Waals surface area contributed by atoms with Crippen LogP contribution in [0.3, 0.4) is 0 Å². The number of ether oxygens (including phenoxy) is 1. The zero-order valence-electron chi connectivity index (χ0n) is 11.7. The number of benzene rings is 2. The minimum Gasteiger partial charge on any atom is -0.421 e. The van der Waals surface area contributed by atoms with E-state index in [2.05, 4.69) is 21.1 Å². The predicted octanol–water partition coefficient (Wildman–Crippen LogP) is 4.63.